The third kappa shape index (κ3) is 4.27. The van der Waals surface area contributed by atoms with Crippen LogP contribution in [0.1, 0.15) is 20.3 Å². The van der Waals surface area contributed by atoms with Gasteiger partial charge in [0.25, 0.3) is 0 Å². The second kappa shape index (κ2) is 7.33. The van der Waals surface area contributed by atoms with Gasteiger partial charge in [-0.3, -0.25) is 14.5 Å². The largest absolute Gasteiger partial charge is 0.355 e. The lowest BCUT2D eigenvalue weighted by Crippen LogP contribution is -2.54. The monoisotopic (exact) mass is 256 g/mol. The normalized spacial score (nSPS) is 18.5. The molecule has 1 aliphatic heterocycles. The number of amides is 2. The van der Waals surface area contributed by atoms with Crippen molar-refractivity contribution in [1.82, 2.24) is 15.1 Å². The van der Waals surface area contributed by atoms with Gasteiger partial charge in [-0.05, 0) is 13.3 Å². The predicted molar refractivity (Wildman–Crippen MR) is 70.0 cm³/mol. The maximum absolute atomic E-state index is 11.9. The van der Waals surface area contributed by atoms with Crippen LogP contribution in [0.25, 0.3) is 0 Å². The van der Waals surface area contributed by atoms with Crippen LogP contribution in [0.2, 0.25) is 0 Å². The minimum absolute atomic E-state index is 0.0233. The summed E-state index contributed by atoms with van der Waals surface area (Å²) in [5.74, 6) is 0.0673. The number of hydrogen-bond acceptors (Lipinski definition) is 4. The van der Waals surface area contributed by atoms with E-state index in [9.17, 15) is 9.59 Å². The van der Waals surface area contributed by atoms with Crippen molar-refractivity contribution >= 4 is 11.8 Å². The molecule has 0 radical (unpaired) electrons. The zero-order valence-corrected chi connectivity index (χ0v) is 11.3. The van der Waals surface area contributed by atoms with E-state index < -0.39 is 0 Å². The fourth-order valence-electron chi connectivity index (χ4n) is 1.99. The van der Waals surface area contributed by atoms with Gasteiger partial charge >= 0.3 is 0 Å². The van der Waals surface area contributed by atoms with Crippen LogP contribution >= 0.6 is 0 Å². The van der Waals surface area contributed by atoms with E-state index >= 15 is 0 Å². The van der Waals surface area contributed by atoms with Crippen molar-refractivity contribution in [3.8, 4) is 0 Å². The smallest absolute Gasteiger partial charge is 0.239 e. The Labute approximate surface area is 108 Å². The Balaban J connectivity index is 2.32. The summed E-state index contributed by atoms with van der Waals surface area (Å²) in [6.45, 7) is 7.67. The summed E-state index contributed by atoms with van der Waals surface area (Å²) in [7, 11) is 0. The lowest BCUT2D eigenvalue weighted by Gasteiger charge is -2.35. The molecular formula is C12H24N4O2. The molecule has 3 N–H and O–H groups in total. The first-order valence-corrected chi connectivity index (χ1v) is 6.61. The van der Waals surface area contributed by atoms with Crippen molar-refractivity contribution in [3.63, 3.8) is 0 Å². The molecule has 0 aliphatic carbocycles. The van der Waals surface area contributed by atoms with Crippen LogP contribution in [0.4, 0.5) is 0 Å². The van der Waals surface area contributed by atoms with Crippen molar-refractivity contribution in [2.75, 3.05) is 39.3 Å². The van der Waals surface area contributed by atoms with Crippen LogP contribution < -0.4 is 11.1 Å². The minimum atomic E-state index is -0.389. The summed E-state index contributed by atoms with van der Waals surface area (Å²) < 4.78 is 0. The number of likely N-dealkylation sites (N-methyl/N-ethyl adjacent to an activating group) is 1. The molecule has 0 spiro atoms. The van der Waals surface area contributed by atoms with Gasteiger partial charge in [-0.2, -0.15) is 0 Å². The van der Waals surface area contributed by atoms with Gasteiger partial charge in [0.15, 0.2) is 0 Å². The summed E-state index contributed by atoms with van der Waals surface area (Å²) in [5, 5.41) is 2.77. The highest BCUT2D eigenvalue weighted by atomic mass is 16.2. The van der Waals surface area contributed by atoms with Gasteiger partial charge in [0.2, 0.25) is 11.8 Å². The summed E-state index contributed by atoms with van der Waals surface area (Å²) in [5.41, 5.74) is 5.73. The Morgan fingerprint density at radius 1 is 1.22 bits per heavy atom. The molecule has 1 aliphatic rings. The van der Waals surface area contributed by atoms with Gasteiger partial charge < -0.3 is 16.0 Å². The molecule has 2 amide bonds. The Hall–Kier alpha value is -1.14. The Bertz CT molecular complexity index is 288. The molecule has 1 fully saturated rings. The number of nitrogens with two attached hydrogens (primary N) is 1. The third-order valence-corrected chi connectivity index (χ3v) is 3.18. The topological polar surface area (TPSA) is 78.7 Å². The van der Waals surface area contributed by atoms with E-state index in [4.69, 9.17) is 5.73 Å². The standard InChI is InChI=1S/C12H24N4O2/c1-3-10(13)12(18)16-7-5-15(6-8-16)9-11(17)14-4-2/h10H,3-9,13H2,1-2H3,(H,14,17). The molecule has 18 heavy (non-hydrogen) atoms. The number of carbonyl (C=O) groups is 2. The molecule has 1 heterocycles. The molecule has 6 heteroatoms. The molecule has 6 nitrogen and oxygen atoms in total. The van der Waals surface area contributed by atoms with Crippen LogP contribution in [0.3, 0.4) is 0 Å². The zero-order chi connectivity index (χ0) is 13.5. The molecule has 0 saturated carbocycles. The molecule has 104 valence electrons. The molecular weight excluding hydrogens is 232 g/mol. The van der Waals surface area contributed by atoms with Crippen molar-refractivity contribution in [2.24, 2.45) is 5.73 Å². The second-order valence-corrected chi connectivity index (χ2v) is 4.57. The maximum Gasteiger partial charge on any atom is 0.239 e. The van der Waals surface area contributed by atoms with Crippen molar-refractivity contribution in [1.29, 1.82) is 0 Å². The van der Waals surface area contributed by atoms with Gasteiger partial charge in [0.1, 0.15) is 0 Å². The summed E-state index contributed by atoms with van der Waals surface area (Å²) in [6.07, 6.45) is 0.665. The lowest BCUT2D eigenvalue weighted by atomic mass is 10.2. The van der Waals surface area contributed by atoms with E-state index in [2.05, 4.69) is 10.2 Å². The third-order valence-electron chi connectivity index (χ3n) is 3.18. The van der Waals surface area contributed by atoms with E-state index in [1.807, 2.05) is 13.8 Å². The first-order valence-electron chi connectivity index (χ1n) is 6.61. The van der Waals surface area contributed by atoms with Gasteiger partial charge in [0.05, 0.1) is 12.6 Å². The summed E-state index contributed by atoms with van der Waals surface area (Å²) in [6, 6.07) is -0.389. The molecule has 0 aromatic carbocycles. The molecule has 0 bridgehead atoms. The Morgan fingerprint density at radius 3 is 2.33 bits per heavy atom. The van der Waals surface area contributed by atoms with E-state index in [1.165, 1.54) is 0 Å². The number of piperazine rings is 1. The highest BCUT2D eigenvalue weighted by Crippen LogP contribution is 2.04. The highest BCUT2D eigenvalue weighted by Gasteiger charge is 2.24. The van der Waals surface area contributed by atoms with Gasteiger partial charge in [0, 0.05) is 32.7 Å². The highest BCUT2D eigenvalue weighted by molar-refractivity contribution is 5.81. The first-order chi connectivity index (χ1) is 8.58. The van der Waals surface area contributed by atoms with Gasteiger partial charge in [-0.1, -0.05) is 6.92 Å². The SMILES string of the molecule is CCNC(=O)CN1CCN(C(=O)C(N)CC)CC1. The number of carbonyl (C=O) groups excluding carboxylic acids is 2. The predicted octanol–water partition coefficient (Wildman–Crippen LogP) is -0.996. The molecule has 1 rings (SSSR count). The maximum atomic E-state index is 11.9. The molecule has 0 aromatic heterocycles. The summed E-state index contributed by atoms with van der Waals surface area (Å²) in [4.78, 5) is 27.1. The zero-order valence-electron chi connectivity index (χ0n) is 11.3. The average molecular weight is 256 g/mol. The fraction of sp³-hybridized carbons (Fsp3) is 0.833. The Morgan fingerprint density at radius 2 is 1.83 bits per heavy atom. The van der Waals surface area contributed by atoms with Gasteiger partial charge in [-0.25, -0.2) is 0 Å². The summed E-state index contributed by atoms with van der Waals surface area (Å²) >= 11 is 0. The fourth-order valence-corrected chi connectivity index (χ4v) is 1.99. The van der Waals surface area contributed by atoms with E-state index in [-0.39, 0.29) is 17.9 Å². The average Bonchev–Trinajstić information content (AvgIpc) is 2.38. The molecule has 0 aromatic rings. The van der Waals surface area contributed by atoms with Crippen LogP contribution in [0, 0.1) is 0 Å². The number of hydrogen-bond donors (Lipinski definition) is 2. The second-order valence-electron chi connectivity index (χ2n) is 4.57. The number of nitrogens with one attached hydrogen (secondary N) is 1. The van der Waals surface area contributed by atoms with Crippen molar-refractivity contribution in [3.05, 3.63) is 0 Å². The van der Waals surface area contributed by atoms with E-state index in [0.717, 1.165) is 13.1 Å². The van der Waals surface area contributed by atoms with Crippen LogP contribution in [-0.4, -0.2) is 66.9 Å². The van der Waals surface area contributed by atoms with E-state index in [1.54, 1.807) is 4.90 Å². The Kier molecular flexibility index (Phi) is 6.07. The van der Waals surface area contributed by atoms with Gasteiger partial charge in [-0.15, -0.1) is 0 Å². The van der Waals surface area contributed by atoms with Crippen LogP contribution in [0.5, 0.6) is 0 Å². The lowest BCUT2D eigenvalue weighted by molar-refractivity contribution is -0.134. The van der Waals surface area contributed by atoms with E-state index in [0.29, 0.717) is 32.6 Å². The van der Waals surface area contributed by atoms with Crippen molar-refractivity contribution < 1.29 is 9.59 Å². The van der Waals surface area contributed by atoms with Crippen LogP contribution in [-0.2, 0) is 9.59 Å². The molecule has 1 unspecified atom stereocenters. The number of nitrogens with zero attached hydrogens (tertiary/aromatic N) is 2. The van der Waals surface area contributed by atoms with Crippen molar-refractivity contribution in [2.45, 2.75) is 26.3 Å². The quantitative estimate of drug-likeness (QED) is 0.661. The first kappa shape index (κ1) is 14.9. The molecule has 1 atom stereocenters. The van der Waals surface area contributed by atoms with Crippen LogP contribution in [0.15, 0.2) is 0 Å². The number of rotatable bonds is 5. The molecule has 1 saturated heterocycles. The minimum Gasteiger partial charge on any atom is -0.355 e.